The van der Waals surface area contributed by atoms with Gasteiger partial charge in [0.15, 0.2) is 0 Å². The third-order valence-electron chi connectivity index (χ3n) is 4.11. The summed E-state index contributed by atoms with van der Waals surface area (Å²) >= 11 is 0. The molecule has 0 N–H and O–H groups in total. The lowest BCUT2D eigenvalue weighted by Gasteiger charge is -2.16. The van der Waals surface area contributed by atoms with Gasteiger partial charge in [0.1, 0.15) is 13.8 Å². The van der Waals surface area contributed by atoms with E-state index in [9.17, 15) is 4.79 Å². The highest BCUT2D eigenvalue weighted by molar-refractivity contribution is 6.83. The fourth-order valence-electron chi connectivity index (χ4n) is 3.02. The molecule has 0 amide bonds. The topological polar surface area (TPSA) is 35.5 Å². The van der Waals surface area contributed by atoms with Crippen LogP contribution in [0.2, 0.25) is 19.6 Å². The lowest BCUT2D eigenvalue weighted by Crippen LogP contribution is -2.16. The van der Waals surface area contributed by atoms with Crippen LogP contribution in [0.15, 0.2) is 18.2 Å². The molecule has 22 heavy (non-hydrogen) atoms. The van der Waals surface area contributed by atoms with Crippen molar-refractivity contribution in [1.29, 1.82) is 0 Å². The fourth-order valence-corrected chi connectivity index (χ4v) is 3.54. The Morgan fingerprint density at radius 3 is 2.86 bits per heavy atom. The quantitative estimate of drug-likeness (QED) is 0.478. The van der Waals surface area contributed by atoms with E-state index in [-0.39, 0.29) is 23.7 Å². The van der Waals surface area contributed by atoms with E-state index in [0.29, 0.717) is 13.2 Å². The molecule has 0 radical (unpaired) electrons. The van der Waals surface area contributed by atoms with Crippen molar-refractivity contribution in [1.82, 2.24) is 0 Å². The zero-order chi connectivity index (χ0) is 15.9. The highest BCUT2D eigenvalue weighted by Crippen LogP contribution is 2.59. The van der Waals surface area contributed by atoms with Gasteiger partial charge in [-0.1, -0.05) is 31.6 Å². The molecule has 1 heterocycles. The van der Waals surface area contributed by atoms with E-state index in [0.717, 1.165) is 16.9 Å². The molecule has 116 valence electrons. The highest BCUT2D eigenvalue weighted by atomic mass is 28.3. The Morgan fingerprint density at radius 2 is 2.18 bits per heavy atom. The van der Waals surface area contributed by atoms with Gasteiger partial charge in [-0.15, -0.1) is 5.54 Å². The minimum absolute atomic E-state index is 0.0277. The van der Waals surface area contributed by atoms with Crippen LogP contribution in [0, 0.1) is 23.3 Å². The minimum Gasteiger partial charge on any atom is -0.493 e. The minimum atomic E-state index is -1.38. The molecule has 0 bridgehead atoms. The molecule has 0 saturated heterocycles. The largest absolute Gasteiger partial charge is 0.493 e. The second kappa shape index (κ2) is 5.48. The fraction of sp³-hybridized carbons (Fsp3) is 0.500. The molecule has 1 unspecified atom stereocenters. The molecule has 1 aromatic carbocycles. The van der Waals surface area contributed by atoms with Gasteiger partial charge >= 0.3 is 5.97 Å². The number of rotatable bonds is 2. The molecule has 1 fully saturated rings. The summed E-state index contributed by atoms with van der Waals surface area (Å²) in [6.07, 6.45) is 0. The Kier molecular flexibility index (Phi) is 3.78. The number of ether oxygens (including phenoxy) is 2. The molecule has 0 spiro atoms. The molecule has 0 aromatic heterocycles. The molecule has 3 nitrogen and oxygen atoms in total. The van der Waals surface area contributed by atoms with Gasteiger partial charge in [-0.2, -0.15) is 0 Å². The smallest absolute Gasteiger partial charge is 0.309 e. The highest BCUT2D eigenvalue weighted by Gasteiger charge is 2.59. The van der Waals surface area contributed by atoms with E-state index in [4.69, 9.17) is 9.47 Å². The van der Waals surface area contributed by atoms with Crippen LogP contribution in [0.1, 0.15) is 24.0 Å². The Labute approximate surface area is 133 Å². The number of carbonyl (C=O) groups excluding carboxylic acids is 1. The number of hydrogen-bond acceptors (Lipinski definition) is 3. The molecule has 1 aromatic rings. The summed E-state index contributed by atoms with van der Waals surface area (Å²) in [7, 11) is -1.38. The first-order valence-electron chi connectivity index (χ1n) is 7.87. The van der Waals surface area contributed by atoms with Crippen molar-refractivity contribution in [2.75, 3.05) is 13.2 Å². The van der Waals surface area contributed by atoms with Crippen LogP contribution >= 0.6 is 0 Å². The van der Waals surface area contributed by atoms with Crippen molar-refractivity contribution in [3.8, 4) is 17.2 Å². The third-order valence-corrected chi connectivity index (χ3v) is 4.99. The number of esters is 1. The van der Waals surface area contributed by atoms with Crippen LogP contribution in [0.5, 0.6) is 5.75 Å². The normalized spacial score (nSPS) is 25.0. The summed E-state index contributed by atoms with van der Waals surface area (Å²) in [6, 6.07) is 6.12. The Balaban J connectivity index is 1.81. The zero-order valence-corrected chi connectivity index (χ0v) is 14.6. The Morgan fingerprint density at radius 1 is 1.41 bits per heavy atom. The maximum absolute atomic E-state index is 12.0. The molecular weight excluding hydrogens is 292 g/mol. The van der Waals surface area contributed by atoms with Crippen LogP contribution in [-0.4, -0.2) is 27.3 Å². The molecule has 2 aliphatic rings. The van der Waals surface area contributed by atoms with Gasteiger partial charge in [-0.05, 0) is 24.6 Å². The predicted molar refractivity (Wildman–Crippen MR) is 88.5 cm³/mol. The second-order valence-electron chi connectivity index (χ2n) is 7.03. The second-order valence-corrected chi connectivity index (χ2v) is 11.8. The van der Waals surface area contributed by atoms with Crippen molar-refractivity contribution >= 4 is 14.0 Å². The van der Waals surface area contributed by atoms with Gasteiger partial charge in [-0.25, -0.2) is 0 Å². The first-order valence-corrected chi connectivity index (χ1v) is 11.4. The molecular formula is C18H22O3Si. The first-order chi connectivity index (χ1) is 10.4. The molecule has 1 aliphatic heterocycles. The molecule has 1 aliphatic carbocycles. The lowest BCUT2D eigenvalue weighted by atomic mass is 10.0. The van der Waals surface area contributed by atoms with E-state index in [1.54, 1.807) is 0 Å². The Hall–Kier alpha value is -1.73. The van der Waals surface area contributed by atoms with Crippen LogP contribution in [0.4, 0.5) is 0 Å². The molecule has 3 atom stereocenters. The van der Waals surface area contributed by atoms with Gasteiger partial charge in [-0.3, -0.25) is 4.79 Å². The van der Waals surface area contributed by atoms with Gasteiger partial charge in [0.2, 0.25) is 0 Å². The summed E-state index contributed by atoms with van der Waals surface area (Å²) in [5.41, 5.74) is 5.50. The van der Waals surface area contributed by atoms with Gasteiger partial charge in [0, 0.05) is 17.4 Å². The summed E-state index contributed by atoms with van der Waals surface area (Å²) < 4.78 is 11.0. The average molecular weight is 314 g/mol. The number of hydrogen-bond donors (Lipinski definition) is 0. The average Bonchev–Trinajstić information content (AvgIpc) is 3.19. The zero-order valence-electron chi connectivity index (χ0n) is 13.6. The number of carbonyl (C=O) groups is 1. The van der Waals surface area contributed by atoms with Crippen molar-refractivity contribution in [3.63, 3.8) is 0 Å². The number of benzene rings is 1. The van der Waals surface area contributed by atoms with Crippen LogP contribution in [0.25, 0.3) is 0 Å². The maximum Gasteiger partial charge on any atom is 0.309 e. The van der Waals surface area contributed by atoms with E-state index < -0.39 is 8.07 Å². The summed E-state index contributed by atoms with van der Waals surface area (Å²) in [4.78, 5) is 12.0. The van der Waals surface area contributed by atoms with E-state index >= 15 is 0 Å². The van der Waals surface area contributed by atoms with E-state index in [1.807, 2.05) is 19.1 Å². The lowest BCUT2D eigenvalue weighted by molar-refractivity contribution is -0.145. The summed E-state index contributed by atoms with van der Waals surface area (Å²) in [5.74, 6) is 4.58. The van der Waals surface area contributed by atoms with E-state index in [2.05, 4.69) is 37.2 Å². The predicted octanol–water partition coefficient (Wildman–Crippen LogP) is 3.20. The monoisotopic (exact) mass is 314 g/mol. The van der Waals surface area contributed by atoms with Gasteiger partial charge in [0.25, 0.3) is 0 Å². The van der Waals surface area contributed by atoms with Crippen LogP contribution in [-0.2, 0) is 9.53 Å². The van der Waals surface area contributed by atoms with Crippen LogP contribution < -0.4 is 4.74 Å². The first kappa shape index (κ1) is 15.2. The summed E-state index contributed by atoms with van der Waals surface area (Å²) in [6.45, 7) is 9.58. The standard InChI is InChI=1S/C18H22O3Si/c1-5-20-18(19)17-14-11-21-15-10-12(8-9-22(2,3)4)6-7-13(15)16(14)17/h6-7,10,14,16-17H,5,11H2,1-4H3/t14-,16+,17?/m0/s1. The van der Waals surface area contributed by atoms with Crippen molar-refractivity contribution in [2.45, 2.75) is 32.5 Å². The SMILES string of the molecule is CCOC(=O)C1[C@H]2COc3cc(C#C[Si](C)(C)C)ccc3[C@@H]12. The van der Waals surface area contributed by atoms with Gasteiger partial charge in [0.05, 0.1) is 19.1 Å². The van der Waals surface area contributed by atoms with E-state index in [1.165, 1.54) is 0 Å². The van der Waals surface area contributed by atoms with Gasteiger partial charge < -0.3 is 9.47 Å². The molecule has 4 heteroatoms. The third kappa shape index (κ3) is 2.91. The summed E-state index contributed by atoms with van der Waals surface area (Å²) in [5, 5.41) is 0. The van der Waals surface area contributed by atoms with Crippen molar-refractivity contribution in [2.24, 2.45) is 11.8 Å². The Bertz CT molecular complexity index is 663. The van der Waals surface area contributed by atoms with Crippen LogP contribution in [0.3, 0.4) is 0 Å². The molecule has 1 saturated carbocycles. The number of fused-ring (bicyclic) bond motifs is 3. The molecule has 3 rings (SSSR count). The van der Waals surface area contributed by atoms with Crippen molar-refractivity contribution < 1.29 is 14.3 Å². The maximum atomic E-state index is 12.0. The van der Waals surface area contributed by atoms with Crippen molar-refractivity contribution in [3.05, 3.63) is 29.3 Å².